The second-order valence-electron chi connectivity index (χ2n) is 6.85. The predicted octanol–water partition coefficient (Wildman–Crippen LogP) is 3.23. The Morgan fingerprint density at radius 2 is 2.07 bits per heavy atom. The van der Waals surface area contributed by atoms with Crippen molar-refractivity contribution in [3.63, 3.8) is 0 Å². The summed E-state index contributed by atoms with van der Waals surface area (Å²) >= 11 is 0. The van der Waals surface area contributed by atoms with Gasteiger partial charge in [-0.25, -0.2) is 9.97 Å². The first-order valence-corrected chi connectivity index (χ1v) is 9.08. The fourth-order valence-corrected chi connectivity index (χ4v) is 3.49. The zero-order chi connectivity index (χ0) is 18.8. The van der Waals surface area contributed by atoms with Crippen LogP contribution in [0.25, 0.3) is 22.7 Å². The van der Waals surface area contributed by atoms with Crippen LogP contribution in [-0.2, 0) is 4.79 Å². The minimum absolute atomic E-state index is 0.123. The smallest absolute Gasteiger partial charge is 0.219 e. The van der Waals surface area contributed by atoms with Crippen LogP contribution >= 0.6 is 0 Å². The molecule has 4 rings (SSSR count). The Kier molecular flexibility index (Phi) is 4.66. The molecule has 0 radical (unpaired) electrons. The molecule has 0 N–H and O–H groups in total. The number of hydrogen-bond donors (Lipinski definition) is 0. The van der Waals surface area contributed by atoms with Gasteiger partial charge >= 0.3 is 0 Å². The number of aromatic nitrogens is 4. The molecule has 3 aromatic heterocycles. The molecule has 1 fully saturated rings. The van der Waals surface area contributed by atoms with Crippen molar-refractivity contribution in [2.45, 2.75) is 32.6 Å². The number of carbonyl (C=O) groups excluding carboxylic acids is 1. The molecule has 1 amide bonds. The molecular formula is C20H21N5O2. The number of aryl methyl sites for hydroxylation is 1. The van der Waals surface area contributed by atoms with Gasteiger partial charge in [-0.2, -0.15) is 0 Å². The minimum atomic E-state index is 0.123. The molecule has 1 aliphatic heterocycles. The number of carbonyl (C=O) groups is 1. The molecule has 4 heterocycles. The van der Waals surface area contributed by atoms with Crippen molar-refractivity contribution in [3.05, 3.63) is 48.2 Å². The van der Waals surface area contributed by atoms with Gasteiger partial charge in [-0.1, -0.05) is 5.16 Å². The van der Waals surface area contributed by atoms with E-state index in [0.29, 0.717) is 11.6 Å². The first-order chi connectivity index (χ1) is 13.1. The van der Waals surface area contributed by atoms with E-state index < -0.39 is 0 Å². The van der Waals surface area contributed by atoms with E-state index in [0.717, 1.165) is 48.4 Å². The monoisotopic (exact) mass is 363 g/mol. The van der Waals surface area contributed by atoms with Crippen LogP contribution in [0.5, 0.6) is 0 Å². The number of amides is 1. The Morgan fingerprint density at radius 1 is 1.26 bits per heavy atom. The summed E-state index contributed by atoms with van der Waals surface area (Å²) in [5.41, 5.74) is 3.51. The zero-order valence-electron chi connectivity index (χ0n) is 15.4. The highest BCUT2D eigenvalue weighted by Crippen LogP contribution is 2.35. The van der Waals surface area contributed by atoms with Crippen LogP contribution < -0.4 is 0 Å². The molecule has 1 aliphatic rings. The topological polar surface area (TPSA) is 85.0 Å². The summed E-state index contributed by atoms with van der Waals surface area (Å²) in [4.78, 5) is 27.1. The van der Waals surface area contributed by atoms with Gasteiger partial charge in [0.1, 0.15) is 0 Å². The van der Waals surface area contributed by atoms with E-state index in [4.69, 9.17) is 9.51 Å². The largest absolute Gasteiger partial charge is 0.356 e. The van der Waals surface area contributed by atoms with Crippen molar-refractivity contribution in [3.8, 4) is 22.7 Å². The number of piperidine rings is 1. The maximum absolute atomic E-state index is 11.6. The lowest BCUT2D eigenvalue weighted by atomic mass is 9.90. The maximum Gasteiger partial charge on any atom is 0.219 e. The minimum Gasteiger partial charge on any atom is -0.356 e. The lowest BCUT2D eigenvalue weighted by Gasteiger charge is -2.31. The van der Waals surface area contributed by atoms with Gasteiger partial charge in [-0.3, -0.25) is 9.78 Å². The van der Waals surface area contributed by atoms with Gasteiger partial charge in [0.25, 0.3) is 0 Å². The zero-order valence-corrected chi connectivity index (χ0v) is 15.4. The summed E-state index contributed by atoms with van der Waals surface area (Å²) in [6.45, 7) is 4.99. The van der Waals surface area contributed by atoms with E-state index >= 15 is 0 Å². The number of hydrogen-bond acceptors (Lipinski definition) is 6. The van der Waals surface area contributed by atoms with E-state index in [9.17, 15) is 4.79 Å². The Morgan fingerprint density at radius 3 is 2.70 bits per heavy atom. The second-order valence-corrected chi connectivity index (χ2v) is 6.85. The molecule has 0 atom stereocenters. The normalized spacial score (nSPS) is 15.1. The van der Waals surface area contributed by atoms with Gasteiger partial charge in [-0.05, 0) is 31.9 Å². The van der Waals surface area contributed by atoms with Crippen molar-refractivity contribution in [1.29, 1.82) is 0 Å². The van der Waals surface area contributed by atoms with Crippen molar-refractivity contribution >= 4 is 5.91 Å². The number of pyridine rings is 1. The Balaban J connectivity index is 1.73. The first-order valence-electron chi connectivity index (χ1n) is 9.08. The molecule has 7 heteroatoms. The maximum atomic E-state index is 11.6. The number of likely N-dealkylation sites (tertiary alicyclic amines) is 1. The molecule has 138 valence electrons. The first kappa shape index (κ1) is 17.3. The molecule has 0 aromatic carbocycles. The third-order valence-corrected chi connectivity index (χ3v) is 4.96. The summed E-state index contributed by atoms with van der Waals surface area (Å²) in [5, 5.41) is 4.00. The van der Waals surface area contributed by atoms with Gasteiger partial charge in [-0.15, -0.1) is 0 Å². The third kappa shape index (κ3) is 3.58. The van der Waals surface area contributed by atoms with Crippen LogP contribution in [0.3, 0.4) is 0 Å². The van der Waals surface area contributed by atoms with Crippen LogP contribution in [0.15, 0.2) is 41.3 Å². The van der Waals surface area contributed by atoms with Crippen LogP contribution in [0.1, 0.15) is 37.1 Å². The quantitative estimate of drug-likeness (QED) is 0.710. The summed E-state index contributed by atoms with van der Waals surface area (Å²) < 4.78 is 5.48. The SMILES string of the molecule is CC(=O)N1CCC(c2nc(-c3cccnc3)ncc2-c2cc(C)no2)CC1. The van der Waals surface area contributed by atoms with Crippen LogP contribution in [0, 0.1) is 6.92 Å². The lowest BCUT2D eigenvalue weighted by molar-refractivity contribution is -0.129. The second kappa shape index (κ2) is 7.26. The van der Waals surface area contributed by atoms with Crippen molar-refractivity contribution in [1.82, 2.24) is 25.0 Å². The fourth-order valence-electron chi connectivity index (χ4n) is 3.49. The summed E-state index contributed by atoms with van der Waals surface area (Å²) in [7, 11) is 0. The highest BCUT2D eigenvalue weighted by Gasteiger charge is 2.27. The predicted molar refractivity (Wildman–Crippen MR) is 99.7 cm³/mol. The average Bonchev–Trinajstić information content (AvgIpc) is 3.14. The standard InChI is InChI=1S/C20H21N5O2/c1-13-10-18(27-24-13)17-12-22-20(16-4-3-7-21-11-16)23-19(17)15-5-8-25(9-6-15)14(2)26/h3-4,7,10-12,15H,5-6,8-9H2,1-2H3. The van der Waals surface area contributed by atoms with Gasteiger partial charge < -0.3 is 9.42 Å². The highest BCUT2D eigenvalue weighted by atomic mass is 16.5. The number of rotatable bonds is 3. The Labute approximate surface area is 157 Å². The molecule has 0 spiro atoms. The average molecular weight is 363 g/mol. The van der Waals surface area contributed by atoms with E-state index in [1.165, 1.54) is 0 Å². The molecule has 0 unspecified atom stereocenters. The summed E-state index contributed by atoms with van der Waals surface area (Å²) in [5.74, 6) is 1.68. The summed E-state index contributed by atoms with van der Waals surface area (Å²) in [6, 6.07) is 5.72. The summed E-state index contributed by atoms with van der Waals surface area (Å²) in [6.07, 6.45) is 7.03. The van der Waals surface area contributed by atoms with Gasteiger partial charge in [0.05, 0.1) is 17.0 Å². The molecule has 0 bridgehead atoms. The van der Waals surface area contributed by atoms with Crippen molar-refractivity contribution in [2.24, 2.45) is 0 Å². The molecule has 0 aliphatic carbocycles. The Bertz CT molecular complexity index is 946. The van der Waals surface area contributed by atoms with Crippen molar-refractivity contribution < 1.29 is 9.32 Å². The van der Waals surface area contributed by atoms with E-state index in [1.807, 2.05) is 36.2 Å². The van der Waals surface area contributed by atoms with Crippen LogP contribution in [-0.4, -0.2) is 44.0 Å². The van der Waals surface area contributed by atoms with Gasteiger partial charge in [0.2, 0.25) is 5.91 Å². The fraction of sp³-hybridized carbons (Fsp3) is 0.350. The van der Waals surface area contributed by atoms with Crippen LogP contribution in [0.4, 0.5) is 0 Å². The van der Waals surface area contributed by atoms with E-state index in [1.54, 1.807) is 19.3 Å². The molecule has 0 saturated carbocycles. The van der Waals surface area contributed by atoms with E-state index in [-0.39, 0.29) is 11.8 Å². The lowest BCUT2D eigenvalue weighted by Crippen LogP contribution is -2.36. The molecule has 27 heavy (non-hydrogen) atoms. The molecular weight excluding hydrogens is 342 g/mol. The molecule has 7 nitrogen and oxygen atoms in total. The third-order valence-electron chi connectivity index (χ3n) is 4.96. The van der Waals surface area contributed by atoms with Crippen molar-refractivity contribution in [2.75, 3.05) is 13.1 Å². The highest BCUT2D eigenvalue weighted by molar-refractivity contribution is 5.73. The molecule has 3 aromatic rings. The van der Waals surface area contributed by atoms with Gasteiger partial charge in [0, 0.05) is 56.2 Å². The Hall–Kier alpha value is -3.09. The number of nitrogens with zero attached hydrogens (tertiary/aromatic N) is 5. The van der Waals surface area contributed by atoms with Gasteiger partial charge in [0.15, 0.2) is 11.6 Å². The van der Waals surface area contributed by atoms with Crippen LogP contribution in [0.2, 0.25) is 0 Å². The van der Waals surface area contributed by atoms with E-state index in [2.05, 4.69) is 15.1 Å². The molecule has 1 saturated heterocycles.